The summed E-state index contributed by atoms with van der Waals surface area (Å²) in [4.78, 5) is 12.6. The van der Waals surface area contributed by atoms with Crippen LogP contribution in [0.1, 0.15) is 24.0 Å². The molecule has 0 bridgehead atoms. The first kappa shape index (κ1) is 16.4. The normalized spacial score (nSPS) is 15.4. The fourth-order valence-electron chi connectivity index (χ4n) is 3.15. The summed E-state index contributed by atoms with van der Waals surface area (Å²) < 4.78 is 10.7. The van der Waals surface area contributed by atoms with Crippen LogP contribution in [0, 0.1) is 5.41 Å². The van der Waals surface area contributed by atoms with Gasteiger partial charge in [-0.15, -0.1) is 0 Å². The molecule has 2 aromatic heterocycles. The molecule has 0 radical (unpaired) electrons. The standard InChI is InChI=1S/C17H19N7O2/c18-14(9-1-2-12-11(7-9)24-17(20)26-12)13-15(19)21-8-22-16(13)23-10-3-5-25-6-4-10/h1-2,7-8,10,18H,3-6H2,(H2,20,24)(H3,19,21,22,23)/p+1. The predicted octanol–water partition coefficient (Wildman–Crippen LogP) is 0.572. The van der Waals surface area contributed by atoms with E-state index in [0.717, 1.165) is 26.1 Å². The molecule has 26 heavy (non-hydrogen) atoms. The van der Waals surface area contributed by atoms with E-state index < -0.39 is 0 Å². The summed E-state index contributed by atoms with van der Waals surface area (Å²) in [5.41, 5.74) is 14.3. The van der Waals surface area contributed by atoms with Crippen molar-refractivity contribution in [1.82, 2.24) is 15.0 Å². The number of fused-ring (bicyclic) bond motifs is 1. The van der Waals surface area contributed by atoms with Gasteiger partial charge >= 0.3 is 0 Å². The van der Waals surface area contributed by atoms with Crippen molar-refractivity contribution in [3.8, 4) is 0 Å². The molecule has 9 nitrogen and oxygen atoms in total. The SMILES string of the molecule is N=C(c1ccc2oc(N)nc2c1)c1c(N)ncnc1[NH2+]C1CCOCC1. The van der Waals surface area contributed by atoms with E-state index >= 15 is 0 Å². The number of nitrogens with one attached hydrogen (secondary N) is 1. The lowest BCUT2D eigenvalue weighted by molar-refractivity contribution is -0.619. The number of oxazole rings is 1. The molecule has 3 aromatic rings. The highest BCUT2D eigenvalue weighted by Gasteiger charge is 2.24. The Hall–Kier alpha value is -3.04. The summed E-state index contributed by atoms with van der Waals surface area (Å²) in [7, 11) is 0. The minimum Gasteiger partial charge on any atom is -0.424 e. The second-order valence-electron chi connectivity index (χ2n) is 6.25. The van der Waals surface area contributed by atoms with Crippen LogP contribution in [0.4, 0.5) is 17.7 Å². The molecule has 1 fully saturated rings. The van der Waals surface area contributed by atoms with E-state index in [-0.39, 0.29) is 17.5 Å². The molecule has 134 valence electrons. The highest BCUT2D eigenvalue weighted by Crippen LogP contribution is 2.23. The zero-order chi connectivity index (χ0) is 18.1. The number of nitrogens with zero attached hydrogens (tertiary/aromatic N) is 3. The number of ether oxygens (including phenoxy) is 1. The monoisotopic (exact) mass is 354 g/mol. The summed E-state index contributed by atoms with van der Waals surface area (Å²) >= 11 is 0. The second kappa shape index (κ2) is 6.70. The first-order chi connectivity index (χ1) is 12.6. The molecule has 0 spiro atoms. The number of anilines is 2. The lowest BCUT2D eigenvalue weighted by atomic mass is 10.0. The van der Waals surface area contributed by atoms with Crippen LogP contribution < -0.4 is 16.8 Å². The number of benzene rings is 1. The van der Waals surface area contributed by atoms with Crippen LogP contribution in [0.5, 0.6) is 0 Å². The highest BCUT2D eigenvalue weighted by molar-refractivity contribution is 6.16. The molecule has 1 aromatic carbocycles. The van der Waals surface area contributed by atoms with Crippen molar-refractivity contribution in [2.24, 2.45) is 0 Å². The Labute approximate surface area is 149 Å². The fraction of sp³-hybridized carbons (Fsp3) is 0.294. The number of rotatable bonds is 4. The Kier molecular flexibility index (Phi) is 4.23. The topological polar surface area (TPSA) is 154 Å². The maximum absolute atomic E-state index is 8.66. The van der Waals surface area contributed by atoms with Gasteiger partial charge in [0.2, 0.25) is 5.82 Å². The summed E-state index contributed by atoms with van der Waals surface area (Å²) in [5.74, 6) is 0.956. The molecule has 0 unspecified atom stereocenters. The molecule has 0 aliphatic carbocycles. The third-order valence-electron chi connectivity index (χ3n) is 4.51. The Morgan fingerprint density at radius 2 is 2.00 bits per heavy atom. The van der Waals surface area contributed by atoms with Gasteiger partial charge in [0.05, 0.1) is 25.0 Å². The zero-order valence-electron chi connectivity index (χ0n) is 14.1. The minimum atomic E-state index is 0.0970. The smallest absolute Gasteiger partial charge is 0.292 e. The third kappa shape index (κ3) is 3.09. The molecule has 4 rings (SSSR count). The molecule has 1 saturated heterocycles. The van der Waals surface area contributed by atoms with Crippen molar-refractivity contribution in [2.45, 2.75) is 18.9 Å². The first-order valence-corrected chi connectivity index (χ1v) is 8.40. The van der Waals surface area contributed by atoms with Crippen molar-refractivity contribution in [3.63, 3.8) is 0 Å². The van der Waals surface area contributed by atoms with E-state index in [0.29, 0.717) is 34.1 Å². The molecular weight excluding hydrogens is 334 g/mol. The maximum atomic E-state index is 8.66. The number of quaternary nitrogens is 1. The van der Waals surface area contributed by atoms with Crippen LogP contribution >= 0.6 is 0 Å². The van der Waals surface area contributed by atoms with Crippen LogP contribution in [-0.2, 0) is 4.74 Å². The molecule has 7 N–H and O–H groups in total. The average molecular weight is 354 g/mol. The van der Waals surface area contributed by atoms with Crippen molar-refractivity contribution in [1.29, 1.82) is 5.41 Å². The van der Waals surface area contributed by atoms with Gasteiger partial charge in [-0.05, 0) is 18.2 Å². The van der Waals surface area contributed by atoms with E-state index in [1.807, 2.05) is 0 Å². The summed E-state index contributed by atoms with van der Waals surface area (Å²) in [6.45, 7) is 1.47. The van der Waals surface area contributed by atoms with E-state index in [4.69, 9.17) is 26.0 Å². The van der Waals surface area contributed by atoms with Crippen molar-refractivity contribution in [2.75, 3.05) is 24.7 Å². The maximum Gasteiger partial charge on any atom is 0.292 e. The Morgan fingerprint density at radius 3 is 2.81 bits per heavy atom. The highest BCUT2D eigenvalue weighted by atomic mass is 16.5. The van der Waals surface area contributed by atoms with Crippen LogP contribution in [0.15, 0.2) is 28.9 Å². The Balaban J connectivity index is 1.69. The lowest BCUT2D eigenvalue weighted by Crippen LogP contribution is -2.86. The van der Waals surface area contributed by atoms with Gasteiger partial charge in [-0.2, -0.15) is 9.97 Å². The largest absolute Gasteiger partial charge is 0.424 e. The van der Waals surface area contributed by atoms with Crippen LogP contribution in [0.25, 0.3) is 11.1 Å². The minimum absolute atomic E-state index is 0.0970. The number of hydrogen-bond donors (Lipinski definition) is 4. The van der Waals surface area contributed by atoms with Gasteiger partial charge in [0.15, 0.2) is 5.58 Å². The fourth-order valence-corrected chi connectivity index (χ4v) is 3.15. The van der Waals surface area contributed by atoms with Crippen LogP contribution in [-0.4, -0.2) is 39.9 Å². The lowest BCUT2D eigenvalue weighted by Gasteiger charge is -2.20. The Morgan fingerprint density at radius 1 is 1.19 bits per heavy atom. The van der Waals surface area contributed by atoms with E-state index in [2.05, 4.69) is 20.3 Å². The van der Waals surface area contributed by atoms with Gasteiger partial charge in [0, 0.05) is 18.4 Å². The van der Waals surface area contributed by atoms with Gasteiger partial charge in [-0.1, -0.05) is 0 Å². The van der Waals surface area contributed by atoms with Crippen LogP contribution in [0.2, 0.25) is 0 Å². The number of aromatic nitrogens is 3. The Bertz CT molecular complexity index is 963. The number of nitrogens with two attached hydrogens (primary N) is 3. The third-order valence-corrected chi connectivity index (χ3v) is 4.51. The van der Waals surface area contributed by atoms with Crippen molar-refractivity contribution >= 4 is 34.5 Å². The molecule has 1 aliphatic heterocycles. The van der Waals surface area contributed by atoms with Gasteiger partial charge < -0.3 is 20.6 Å². The number of hydrogen-bond acceptors (Lipinski definition) is 8. The van der Waals surface area contributed by atoms with Crippen LogP contribution in [0.3, 0.4) is 0 Å². The van der Waals surface area contributed by atoms with Gasteiger partial charge in [-0.25, -0.2) is 4.98 Å². The molecule has 1 aliphatic rings. The molecule has 0 saturated carbocycles. The van der Waals surface area contributed by atoms with E-state index in [1.54, 1.807) is 18.2 Å². The summed E-state index contributed by atoms with van der Waals surface area (Å²) in [6, 6.07) is 5.72. The second-order valence-corrected chi connectivity index (χ2v) is 6.25. The first-order valence-electron chi connectivity index (χ1n) is 8.40. The zero-order valence-corrected chi connectivity index (χ0v) is 14.1. The van der Waals surface area contributed by atoms with Gasteiger partial charge in [0.25, 0.3) is 6.01 Å². The molecule has 3 heterocycles. The number of nitrogen functional groups attached to an aromatic ring is 2. The molecule has 0 atom stereocenters. The van der Waals surface area contributed by atoms with Crippen molar-refractivity contribution < 1.29 is 14.5 Å². The van der Waals surface area contributed by atoms with Gasteiger partial charge in [-0.3, -0.25) is 10.7 Å². The quantitative estimate of drug-likeness (QED) is 0.499. The van der Waals surface area contributed by atoms with Gasteiger partial charge in [0.1, 0.15) is 23.2 Å². The summed E-state index contributed by atoms with van der Waals surface area (Å²) in [5, 5.41) is 10.7. The molecule has 9 heteroatoms. The molecule has 0 amide bonds. The van der Waals surface area contributed by atoms with E-state index in [9.17, 15) is 0 Å². The summed E-state index contributed by atoms with van der Waals surface area (Å²) in [6.07, 6.45) is 3.29. The average Bonchev–Trinajstić information content (AvgIpc) is 3.01. The van der Waals surface area contributed by atoms with E-state index in [1.165, 1.54) is 6.33 Å². The van der Waals surface area contributed by atoms with Crippen molar-refractivity contribution in [3.05, 3.63) is 35.7 Å². The predicted molar refractivity (Wildman–Crippen MR) is 96.2 cm³/mol. The molecular formula is C17H20N7O2+.